The highest BCUT2D eigenvalue weighted by Gasteiger charge is 2.77. The Labute approximate surface area is 164 Å². The zero-order chi connectivity index (χ0) is 18.9. The molecule has 0 aromatic heterocycles. The first-order valence-corrected chi connectivity index (χ1v) is 11.7. The maximum Gasteiger partial charge on any atom is 0.0713 e. The van der Waals surface area contributed by atoms with Gasteiger partial charge in [-0.05, 0) is 87.5 Å². The molecular formula is C23H40N2O2. The third kappa shape index (κ3) is 2.42. The molecule has 4 bridgehead atoms. The molecule has 6 rings (SSSR count). The van der Waals surface area contributed by atoms with Crippen LogP contribution >= 0.6 is 0 Å². The van der Waals surface area contributed by atoms with Crippen molar-refractivity contribution in [1.29, 1.82) is 0 Å². The van der Waals surface area contributed by atoms with Crippen LogP contribution in [-0.4, -0.2) is 48.1 Å². The van der Waals surface area contributed by atoms with Crippen molar-refractivity contribution < 1.29 is 10.2 Å². The molecular weight excluding hydrogens is 336 g/mol. The summed E-state index contributed by atoms with van der Waals surface area (Å²) in [7, 11) is 2.02. The molecule has 2 spiro atoms. The van der Waals surface area contributed by atoms with E-state index in [9.17, 15) is 10.2 Å². The summed E-state index contributed by atoms with van der Waals surface area (Å²) < 4.78 is 0. The van der Waals surface area contributed by atoms with Gasteiger partial charge in [0.15, 0.2) is 0 Å². The number of fused-ring (bicyclic) bond motifs is 4. The van der Waals surface area contributed by atoms with Gasteiger partial charge >= 0.3 is 0 Å². The van der Waals surface area contributed by atoms with Crippen molar-refractivity contribution in [3.63, 3.8) is 0 Å². The van der Waals surface area contributed by atoms with Gasteiger partial charge in [0.25, 0.3) is 0 Å². The van der Waals surface area contributed by atoms with Crippen molar-refractivity contribution in [2.24, 2.45) is 28.1 Å². The summed E-state index contributed by atoms with van der Waals surface area (Å²) in [6.07, 6.45) is 12.3. The summed E-state index contributed by atoms with van der Waals surface area (Å²) in [4.78, 5) is 0. The van der Waals surface area contributed by atoms with Crippen molar-refractivity contribution >= 4 is 0 Å². The normalized spacial score (nSPS) is 56.4. The second-order valence-electron chi connectivity index (χ2n) is 11.4. The molecule has 27 heavy (non-hydrogen) atoms. The Morgan fingerprint density at radius 2 is 1.85 bits per heavy atom. The number of nitrogens with one attached hydrogen (secondary N) is 2. The van der Waals surface area contributed by atoms with Crippen LogP contribution in [0.1, 0.15) is 77.6 Å². The van der Waals surface area contributed by atoms with Gasteiger partial charge < -0.3 is 20.8 Å². The van der Waals surface area contributed by atoms with E-state index in [1.54, 1.807) is 0 Å². The maximum atomic E-state index is 12.1. The van der Waals surface area contributed by atoms with Crippen LogP contribution in [0.3, 0.4) is 0 Å². The zero-order valence-electron chi connectivity index (χ0n) is 17.4. The third-order valence-electron chi connectivity index (χ3n) is 10.0. The molecule has 4 heteroatoms. The molecule has 0 aromatic rings. The van der Waals surface area contributed by atoms with Gasteiger partial charge in [-0.3, -0.25) is 0 Å². The molecule has 8 unspecified atom stereocenters. The van der Waals surface area contributed by atoms with Crippen LogP contribution in [0.5, 0.6) is 0 Å². The average molecular weight is 377 g/mol. The summed E-state index contributed by atoms with van der Waals surface area (Å²) in [6.45, 7) is 4.37. The topological polar surface area (TPSA) is 64.5 Å². The van der Waals surface area contributed by atoms with Gasteiger partial charge in [-0.1, -0.05) is 19.8 Å². The summed E-state index contributed by atoms with van der Waals surface area (Å²) in [5.74, 6) is 1.03. The third-order valence-corrected chi connectivity index (χ3v) is 10.0. The number of rotatable bonds is 4. The van der Waals surface area contributed by atoms with Crippen molar-refractivity contribution in [2.45, 2.75) is 95.3 Å². The highest BCUT2D eigenvalue weighted by atomic mass is 16.3. The SMILES string of the molecule is CNCCNC1CCC23CC4(CCCC14)C2C(O)CC1(C)CCCC3(O)C1. The molecule has 154 valence electrons. The molecule has 0 heterocycles. The molecule has 8 atom stereocenters. The van der Waals surface area contributed by atoms with Crippen molar-refractivity contribution in [2.75, 3.05) is 20.1 Å². The molecule has 0 amide bonds. The van der Waals surface area contributed by atoms with E-state index in [2.05, 4.69) is 17.6 Å². The van der Waals surface area contributed by atoms with Crippen LogP contribution in [0.25, 0.3) is 0 Å². The van der Waals surface area contributed by atoms with Gasteiger partial charge in [0, 0.05) is 24.5 Å². The minimum absolute atomic E-state index is 0.0212. The van der Waals surface area contributed by atoms with Crippen LogP contribution in [0.15, 0.2) is 0 Å². The van der Waals surface area contributed by atoms with Gasteiger partial charge in [-0.15, -0.1) is 0 Å². The minimum Gasteiger partial charge on any atom is -0.393 e. The Morgan fingerprint density at radius 3 is 2.67 bits per heavy atom. The summed E-state index contributed by atoms with van der Waals surface area (Å²) >= 11 is 0. The quantitative estimate of drug-likeness (QED) is 0.570. The number of hydrogen-bond donors (Lipinski definition) is 4. The van der Waals surface area contributed by atoms with Crippen LogP contribution in [0.4, 0.5) is 0 Å². The largest absolute Gasteiger partial charge is 0.393 e. The van der Waals surface area contributed by atoms with Crippen LogP contribution in [0, 0.1) is 28.1 Å². The lowest BCUT2D eigenvalue weighted by Gasteiger charge is -2.69. The fraction of sp³-hybridized carbons (Fsp3) is 1.00. The highest BCUT2D eigenvalue weighted by molar-refractivity contribution is 5.27. The minimum atomic E-state index is -0.541. The average Bonchev–Trinajstić information content (AvgIpc) is 2.89. The Kier molecular flexibility index (Phi) is 4.30. The summed E-state index contributed by atoms with van der Waals surface area (Å²) in [5, 5.41) is 30.7. The second kappa shape index (κ2) is 6.17. The first-order chi connectivity index (χ1) is 12.9. The smallest absolute Gasteiger partial charge is 0.0713 e. The molecule has 0 aliphatic heterocycles. The Bertz CT molecular complexity index is 599. The van der Waals surface area contributed by atoms with Gasteiger partial charge in [0.2, 0.25) is 0 Å². The van der Waals surface area contributed by atoms with E-state index in [0.717, 1.165) is 45.2 Å². The molecule has 4 nitrogen and oxygen atoms in total. The van der Waals surface area contributed by atoms with Gasteiger partial charge in [0.1, 0.15) is 0 Å². The fourth-order valence-electron chi connectivity index (χ4n) is 9.39. The first-order valence-electron chi connectivity index (χ1n) is 11.7. The molecule has 4 N–H and O–H groups in total. The monoisotopic (exact) mass is 376 g/mol. The molecule has 0 radical (unpaired) electrons. The van der Waals surface area contributed by atoms with E-state index in [0.29, 0.717) is 17.9 Å². The second-order valence-corrected chi connectivity index (χ2v) is 11.4. The van der Waals surface area contributed by atoms with Crippen LogP contribution in [-0.2, 0) is 0 Å². The van der Waals surface area contributed by atoms with Crippen LogP contribution < -0.4 is 10.6 Å². The summed E-state index contributed by atoms with van der Waals surface area (Å²) in [6, 6.07) is 0.568. The number of likely N-dealkylation sites (N-methyl/N-ethyl adjacent to an activating group) is 1. The number of aliphatic hydroxyl groups is 2. The van der Waals surface area contributed by atoms with E-state index >= 15 is 0 Å². The highest BCUT2D eigenvalue weighted by Crippen LogP contribution is 2.79. The zero-order valence-corrected chi connectivity index (χ0v) is 17.4. The summed E-state index contributed by atoms with van der Waals surface area (Å²) in [5.41, 5.74) is -0.139. The van der Waals surface area contributed by atoms with Gasteiger partial charge in [-0.2, -0.15) is 0 Å². The van der Waals surface area contributed by atoms with Crippen LogP contribution in [0.2, 0.25) is 0 Å². The molecule has 6 aliphatic rings. The predicted molar refractivity (Wildman–Crippen MR) is 107 cm³/mol. The molecule has 0 aromatic carbocycles. The van der Waals surface area contributed by atoms with E-state index in [1.165, 1.54) is 38.5 Å². The lowest BCUT2D eigenvalue weighted by atomic mass is 9.37. The van der Waals surface area contributed by atoms with E-state index in [1.807, 2.05) is 7.05 Å². The van der Waals surface area contributed by atoms with E-state index < -0.39 is 5.60 Å². The lowest BCUT2D eigenvalue weighted by molar-refractivity contribution is -0.269. The van der Waals surface area contributed by atoms with E-state index in [-0.39, 0.29) is 22.3 Å². The standard InChI is InChI=1S/C23H40N2O2/c1-20-7-4-9-23(27,14-20)22-10-6-17(25-12-11-24-2)16-5-3-8-21(16,15-22)19(22)18(26)13-20/h16-19,24-27H,3-15H2,1-2H3. The fourth-order valence-corrected chi connectivity index (χ4v) is 9.39. The Hall–Kier alpha value is -0.160. The predicted octanol–water partition coefficient (Wildman–Crippen LogP) is 2.83. The van der Waals surface area contributed by atoms with Gasteiger partial charge in [0.05, 0.1) is 11.7 Å². The molecule has 6 saturated carbocycles. The first kappa shape index (κ1) is 18.8. The lowest BCUT2D eigenvalue weighted by Crippen LogP contribution is -2.69. The van der Waals surface area contributed by atoms with Crippen molar-refractivity contribution in [3.05, 3.63) is 0 Å². The van der Waals surface area contributed by atoms with Gasteiger partial charge in [-0.25, -0.2) is 0 Å². The van der Waals surface area contributed by atoms with Crippen molar-refractivity contribution in [1.82, 2.24) is 10.6 Å². The molecule has 6 fully saturated rings. The Balaban J connectivity index is 1.52. The number of hydrogen-bond acceptors (Lipinski definition) is 4. The number of aliphatic hydroxyl groups excluding tert-OH is 1. The Morgan fingerprint density at radius 1 is 1.00 bits per heavy atom. The van der Waals surface area contributed by atoms with E-state index in [4.69, 9.17) is 0 Å². The maximum absolute atomic E-state index is 12.1. The van der Waals surface area contributed by atoms with Crippen molar-refractivity contribution in [3.8, 4) is 0 Å². The molecule has 0 saturated heterocycles. The molecule has 6 aliphatic carbocycles.